The van der Waals surface area contributed by atoms with E-state index in [9.17, 15) is 14.7 Å². The highest BCUT2D eigenvalue weighted by Crippen LogP contribution is 2.43. The summed E-state index contributed by atoms with van der Waals surface area (Å²) in [6, 6.07) is 13.9. The van der Waals surface area contributed by atoms with E-state index >= 15 is 0 Å². The Morgan fingerprint density at radius 1 is 1.04 bits per heavy atom. The summed E-state index contributed by atoms with van der Waals surface area (Å²) in [6.07, 6.45) is 0. The summed E-state index contributed by atoms with van der Waals surface area (Å²) in [7, 11) is 1.58. The molecule has 0 saturated heterocycles. The number of nitrogens with zero attached hydrogens (tertiary/aromatic N) is 1. The maximum absolute atomic E-state index is 13.1. The minimum atomic E-state index is -0.738. The van der Waals surface area contributed by atoms with Crippen molar-refractivity contribution in [1.29, 1.82) is 0 Å². The lowest BCUT2D eigenvalue weighted by Crippen LogP contribution is -2.32. The molecule has 3 rings (SSSR count). The van der Waals surface area contributed by atoms with Crippen LogP contribution in [0.2, 0.25) is 0 Å². The largest absolute Gasteiger partial charge is 0.503 e. The Hall–Kier alpha value is -3.08. The fraction of sp³-hybridized carbons (Fsp3) is 0.304. The fourth-order valence-electron chi connectivity index (χ4n) is 3.31. The van der Waals surface area contributed by atoms with Crippen molar-refractivity contribution in [2.45, 2.75) is 33.7 Å². The third-order valence-corrected chi connectivity index (χ3v) is 4.88. The molecule has 28 heavy (non-hydrogen) atoms. The van der Waals surface area contributed by atoms with E-state index in [1.54, 1.807) is 40.0 Å². The van der Waals surface area contributed by atoms with Gasteiger partial charge in [-0.25, -0.2) is 0 Å². The van der Waals surface area contributed by atoms with Gasteiger partial charge in [0.2, 0.25) is 0 Å². The quantitative estimate of drug-likeness (QED) is 0.848. The molecule has 0 unspecified atom stereocenters. The average Bonchev–Trinajstić information content (AvgIpc) is 2.92. The first-order valence-electron chi connectivity index (χ1n) is 9.17. The van der Waals surface area contributed by atoms with Gasteiger partial charge in [0.15, 0.2) is 11.5 Å². The number of ether oxygens (including phenoxy) is 1. The molecule has 0 aromatic heterocycles. The van der Waals surface area contributed by atoms with Crippen LogP contribution in [0.25, 0.3) is 0 Å². The molecule has 1 amide bonds. The first-order chi connectivity index (χ1) is 13.1. The predicted molar refractivity (Wildman–Crippen MR) is 109 cm³/mol. The molecule has 146 valence electrons. The fourth-order valence-corrected chi connectivity index (χ4v) is 3.31. The molecular weight excluding hydrogens is 354 g/mol. The maximum Gasteiger partial charge on any atom is 0.294 e. The third-order valence-electron chi connectivity index (χ3n) is 4.88. The molecule has 5 heteroatoms. The Labute approximate surface area is 165 Å². The van der Waals surface area contributed by atoms with Gasteiger partial charge < -0.3 is 9.84 Å². The van der Waals surface area contributed by atoms with E-state index in [0.717, 1.165) is 11.1 Å². The molecule has 1 heterocycles. The van der Waals surface area contributed by atoms with Crippen LogP contribution in [-0.4, -0.2) is 23.9 Å². The van der Waals surface area contributed by atoms with Crippen LogP contribution in [0.15, 0.2) is 59.9 Å². The first kappa shape index (κ1) is 19.7. The molecule has 1 N–H and O–H groups in total. The number of carbonyl (C=O) groups excluding carboxylic acids is 2. The molecule has 1 aliphatic rings. The minimum absolute atomic E-state index is 0.128. The van der Waals surface area contributed by atoms with Gasteiger partial charge in [0.25, 0.3) is 5.91 Å². The molecule has 0 radical (unpaired) electrons. The lowest BCUT2D eigenvalue weighted by molar-refractivity contribution is -0.123. The molecule has 0 spiro atoms. The Bertz CT molecular complexity index is 934. The Morgan fingerprint density at radius 3 is 2.11 bits per heavy atom. The van der Waals surface area contributed by atoms with Crippen molar-refractivity contribution in [2.24, 2.45) is 5.41 Å². The van der Waals surface area contributed by atoms with Crippen molar-refractivity contribution in [3.63, 3.8) is 0 Å². The molecule has 0 fully saturated rings. The monoisotopic (exact) mass is 379 g/mol. The molecule has 0 aliphatic carbocycles. The van der Waals surface area contributed by atoms with Crippen molar-refractivity contribution in [3.8, 4) is 5.75 Å². The number of carbonyl (C=O) groups is 2. The zero-order valence-corrected chi connectivity index (χ0v) is 16.8. The SMILES string of the molecule is COc1ccc([C@H]2C(C(=O)C(C)(C)C)=C(O)C(=O)N2c2ccc(C)cc2)cc1. The van der Waals surface area contributed by atoms with Gasteiger partial charge >= 0.3 is 0 Å². The van der Waals surface area contributed by atoms with Gasteiger partial charge in [0, 0.05) is 11.1 Å². The highest BCUT2D eigenvalue weighted by atomic mass is 16.5. The second-order valence-corrected chi connectivity index (χ2v) is 8.03. The minimum Gasteiger partial charge on any atom is -0.503 e. The van der Waals surface area contributed by atoms with E-state index in [1.165, 1.54) is 4.90 Å². The molecule has 2 aromatic rings. The van der Waals surface area contributed by atoms with Gasteiger partial charge in [-0.2, -0.15) is 0 Å². The van der Waals surface area contributed by atoms with E-state index < -0.39 is 23.1 Å². The van der Waals surface area contributed by atoms with Crippen molar-refractivity contribution in [2.75, 3.05) is 12.0 Å². The smallest absolute Gasteiger partial charge is 0.294 e. The average molecular weight is 379 g/mol. The molecule has 2 aromatic carbocycles. The van der Waals surface area contributed by atoms with E-state index in [2.05, 4.69) is 0 Å². The summed E-state index contributed by atoms with van der Waals surface area (Å²) in [5.41, 5.74) is 1.80. The van der Waals surface area contributed by atoms with Crippen molar-refractivity contribution < 1.29 is 19.4 Å². The van der Waals surface area contributed by atoms with Gasteiger partial charge in [0.1, 0.15) is 5.75 Å². The Morgan fingerprint density at radius 2 is 1.61 bits per heavy atom. The first-order valence-corrected chi connectivity index (χ1v) is 9.17. The van der Waals surface area contributed by atoms with Crippen LogP contribution in [-0.2, 0) is 9.59 Å². The molecule has 5 nitrogen and oxygen atoms in total. The molecule has 0 bridgehead atoms. The number of anilines is 1. The van der Waals surface area contributed by atoms with Crippen LogP contribution < -0.4 is 9.64 Å². The van der Waals surface area contributed by atoms with E-state index in [4.69, 9.17) is 4.74 Å². The number of ketones is 1. The van der Waals surface area contributed by atoms with Crippen molar-refractivity contribution in [3.05, 3.63) is 71.0 Å². The second-order valence-electron chi connectivity index (χ2n) is 8.03. The van der Waals surface area contributed by atoms with Crippen molar-refractivity contribution >= 4 is 17.4 Å². The third kappa shape index (κ3) is 3.40. The zero-order valence-electron chi connectivity index (χ0n) is 16.8. The zero-order chi connectivity index (χ0) is 20.6. The summed E-state index contributed by atoms with van der Waals surface area (Å²) in [6.45, 7) is 7.29. The predicted octanol–water partition coefficient (Wildman–Crippen LogP) is 4.52. The van der Waals surface area contributed by atoms with Gasteiger partial charge in [-0.15, -0.1) is 0 Å². The van der Waals surface area contributed by atoms with E-state index in [0.29, 0.717) is 11.4 Å². The van der Waals surface area contributed by atoms with Gasteiger partial charge in [-0.05, 0) is 36.8 Å². The van der Waals surface area contributed by atoms with Crippen LogP contribution >= 0.6 is 0 Å². The van der Waals surface area contributed by atoms with Gasteiger partial charge in [-0.3, -0.25) is 14.5 Å². The number of rotatable bonds is 4. The molecule has 1 atom stereocenters. The number of hydrogen-bond donors (Lipinski definition) is 1. The number of aryl methyl sites for hydroxylation is 1. The lowest BCUT2D eigenvalue weighted by atomic mass is 9.82. The molecule has 0 saturated carbocycles. The molecular formula is C23H25NO4. The Kier molecular flexibility index (Phi) is 5.02. The van der Waals surface area contributed by atoms with E-state index in [1.807, 2.05) is 43.3 Å². The summed E-state index contributed by atoms with van der Waals surface area (Å²) < 4.78 is 5.22. The summed E-state index contributed by atoms with van der Waals surface area (Å²) in [5.74, 6) is -0.640. The number of aliphatic hydroxyl groups is 1. The molecule has 1 aliphatic heterocycles. The standard InChI is InChI=1S/C23H25NO4/c1-14-6-10-16(11-7-14)24-19(15-8-12-17(28-5)13-9-15)18(20(25)22(24)27)21(26)23(2,3)4/h6-13,19,25H,1-5H3/t19-/m0/s1. The number of methoxy groups -OCH3 is 1. The van der Waals surface area contributed by atoms with Gasteiger partial charge in [-0.1, -0.05) is 50.6 Å². The number of aliphatic hydroxyl groups excluding tert-OH is 1. The number of amides is 1. The van der Waals surface area contributed by atoms with E-state index in [-0.39, 0.29) is 11.4 Å². The maximum atomic E-state index is 13.1. The summed E-state index contributed by atoms with van der Waals surface area (Å²) in [4.78, 5) is 27.6. The van der Waals surface area contributed by atoms with Crippen LogP contribution in [0.3, 0.4) is 0 Å². The van der Waals surface area contributed by atoms with Crippen molar-refractivity contribution in [1.82, 2.24) is 0 Å². The Balaban J connectivity index is 2.18. The second kappa shape index (κ2) is 7.15. The number of Topliss-reactive ketones (excluding diaryl/α,β-unsaturated/α-hetero) is 1. The normalized spacial score (nSPS) is 17.2. The van der Waals surface area contributed by atoms with Crippen LogP contribution in [0.1, 0.15) is 37.9 Å². The highest BCUT2D eigenvalue weighted by molar-refractivity contribution is 6.17. The van der Waals surface area contributed by atoms with Gasteiger partial charge in [0.05, 0.1) is 18.7 Å². The number of hydrogen-bond acceptors (Lipinski definition) is 4. The summed E-state index contributed by atoms with van der Waals surface area (Å²) in [5, 5.41) is 10.7. The van der Waals surface area contributed by atoms with Crippen LogP contribution in [0, 0.1) is 12.3 Å². The van der Waals surface area contributed by atoms with Crippen LogP contribution in [0.5, 0.6) is 5.75 Å². The summed E-state index contributed by atoms with van der Waals surface area (Å²) >= 11 is 0. The van der Waals surface area contributed by atoms with Crippen LogP contribution in [0.4, 0.5) is 5.69 Å². The topological polar surface area (TPSA) is 66.8 Å². The highest BCUT2D eigenvalue weighted by Gasteiger charge is 2.46. The lowest BCUT2D eigenvalue weighted by Gasteiger charge is -2.29. The number of benzene rings is 2.